The average molecular weight is 429 g/mol. The zero-order valence-electron chi connectivity index (χ0n) is 14.5. The number of aromatic hydroxyl groups is 1. The van der Waals surface area contributed by atoms with E-state index in [1.165, 1.54) is 19.4 Å². The van der Waals surface area contributed by atoms with Crippen LogP contribution >= 0.6 is 15.9 Å². The van der Waals surface area contributed by atoms with Crippen LogP contribution in [0.2, 0.25) is 0 Å². The second-order valence-electron chi connectivity index (χ2n) is 5.67. The van der Waals surface area contributed by atoms with E-state index in [0.717, 1.165) is 15.2 Å². The highest BCUT2D eigenvalue weighted by Gasteiger charge is 2.04. The predicted octanol–water partition coefficient (Wildman–Crippen LogP) is 3.85. The number of hydrazone groups is 1. The number of halogens is 1. The van der Waals surface area contributed by atoms with Gasteiger partial charge >= 0.3 is 0 Å². The number of carbonyl (C=O) groups is 1. The summed E-state index contributed by atoms with van der Waals surface area (Å²) in [6.45, 7) is -0.154. The van der Waals surface area contributed by atoms with Crippen molar-refractivity contribution in [1.82, 2.24) is 5.43 Å². The Morgan fingerprint density at radius 2 is 1.93 bits per heavy atom. The van der Waals surface area contributed by atoms with E-state index in [4.69, 9.17) is 9.47 Å². The van der Waals surface area contributed by atoms with Crippen LogP contribution < -0.4 is 14.9 Å². The SMILES string of the molecule is COc1cc(C=NNC(=O)COc2ccc3cc(Br)ccc3c2)ccc1O. The standard InChI is InChI=1S/C20H17BrN2O4/c1-26-19-8-13(2-7-18(19)24)11-22-23-20(25)12-27-17-6-4-14-9-16(21)5-3-15(14)10-17/h2-11,24H,12H2,1H3,(H,23,25). The summed E-state index contributed by atoms with van der Waals surface area (Å²) in [4.78, 5) is 11.9. The zero-order chi connectivity index (χ0) is 19.2. The summed E-state index contributed by atoms with van der Waals surface area (Å²) in [6, 6.07) is 16.3. The van der Waals surface area contributed by atoms with Gasteiger partial charge in [-0.1, -0.05) is 28.1 Å². The Morgan fingerprint density at radius 3 is 2.74 bits per heavy atom. The molecule has 0 saturated carbocycles. The second kappa shape index (κ2) is 8.55. The number of phenols is 1. The third-order valence-corrected chi connectivity index (χ3v) is 4.24. The van der Waals surface area contributed by atoms with Gasteiger partial charge in [0.15, 0.2) is 18.1 Å². The highest BCUT2D eigenvalue weighted by atomic mass is 79.9. The van der Waals surface area contributed by atoms with Crippen molar-refractivity contribution in [3.05, 3.63) is 64.6 Å². The molecule has 0 unspecified atom stereocenters. The van der Waals surface area contributed by atoms with Crippen molar-refractivity contribution < 1.29 is 19.4 Å². The van der Waals surface area contributed by atoms with Crippen LogP contribution in [0.4, 0.5) is 0 Å². The smallest absolute Gasteiger partial charge is 0.277 e. The molecule has 138 valence electrons. The molecule has 3 aromatic carbocycles. The topological polar surface area (TPSA) is 80.2 Å². The van der Waals surface area contributed by atoms with E-state index in [2.05, 4.69) is 26.5 Å². The monoisotopic (exact) mass is 428 g/mol. The van der Waals surface area contributed by atoms with Gasteiger partial charge in [0.05, 0.1) is 13.3 Å². The molecule has 0 bridgehead atoms. The van der Waals surface area contributed by atoms with Crippen molar-refractivity contribution >= 4 is 38.8 Å². The lowest BCUT2D eigenvalue weighted by Crippen LogP contribution is -2.24. The number of amides is 1. The van der Waals surface area contributed by atoms with Crippen LogP contribution in [0, 0.1) is 0 Å². The number of methoxy groups -OCH3 is 1. The molecule has 0 heterocycles. The van der Waals surface area contributed by atoms with Crippen molar-refractivity contribution in [3.63, 3.8) is 0 Å². The fourth-order valence-electron chi connectivity index (χ4n) is 2.42. The van der Waals surface area contributed by atoms with Gasteiger partial charge in [-0.05, 0) is 58.8 Å². The Labute approximate surface area is 164 Å². The molecule has 3 rings (SSSR count). The predicted molar refractivity (Wildman–Crippen MR) is 108 cm³/mol. The van der Waals surface area contributed by atoms with E-state index in [1.54, 1.807) is 12.1 Å². The molecule has 0 spiro atoms. The number of rotatable bonds is 6. The van der Waals surface area contributed by atoms with Crippen molar-refractivity contribution in [2.75, 3.05) is 13.7 Å². The summed E-state index contributed by atoms with van der Waals surface area (Å²) >= 11 is 3.44. The zero-order valence-corrected chi connectivity index (χ0v) is 16.1. The van der Waals surface area contributed by atoms with Gasteiger partial charge in [-0.2, -0.15) is 5.10 Å². The molecule has 7 heteroatoms. The summed E-state index contributed by atoms with van der Waals surface area (Å²) in [5.74, 6) is 0.590. The van der Waals surface area contributed by atoms with Crippen LogP contribution in [0.15, 0.2) is 64.2 Å². The molecule has 6 nitrogen and oxygen atoms in total. The maximum Gasteiger partial charge on any atom is 0.277 e. The second-order valence-corrected chi connectivity index (χ2v) is 6.58. The number of carbonyl (C=O) groups excluding carboxylic acids is 1. The summed E-state index contributed by atoms with van der Waals surface area (Å²) in [5.41, 5.74) is 3.07. The molecule has 3 aromatic rings. The third kappa shape index (κ3) is 4.98. The number of nitrogens with one attached hydrogen (secondary N) is 1. The summed E-state index contributed by atoms with van der Waals surface area (Å²) in [5, 5.41) is 15.5. The lowest BCUT2D eigenvalue weighted by Gasteiger charge is -2.07. The van der Waals surface area contributed by atoms with Crippen LogP contribution in [-0.2, 0) is 4.79 Å². The van der Waals surface area contributed by atoms with Gasteiger partial charge in [0.2, 0.25) is 0 Å². The van der Waals surface area contributed by atoms with E-state index in [0.29, 0.717) is 17.1 Å². The Morgan fingerprint density at radius 1 is 1.15 bits per heavy atom. The lowest BCUT2D eigenvalue weighted by atomic mass is 10.1. The van der Waals surface area contributed by atoms with E-state index in [9.17, 15) is 9.90 Å². The van der Waals surface area contributed by atoms with Crippen LogP contribution in [0.5, 0.6) is 17.2 Å². The quantitative estimate of drug-likeness (QED) is 0.461. The molecule has 0 aliphatic heterocycles. The number of phenolic OH excluding ortho intramolecular Hbond substituents is 1. The molecular weight excluding hydrogens is 412 g/mol. The summed E-state index contributed by atoms with van der Waals surface area (Å²) < 4.78 is 11.5. The van der Waals surface area contributed by atoms with E-state index in [-0.39, 0.29) is 18.3 Å². The van der Waals surface area contributed by atoms with Crippen molar-refractivity contribution in [2.45, 2.75) is 0 Å². The first-order chi connectivity index (χ1) is 13.0. The fraction of sp³-hybridized carbons (Fsp3) is 0.100. The van der Waals surface area contributed by atoms with Gasteiger partial charge < -0.3 is 14.6 Å². The molecule has 0 fully saturated rings. The molecule has 0 saturated heterocycles. The molecule has 27 heavy (non-hydrogen) atoms. The van der Waals surface area contributed by atoms with E-state index >= 15 is 0 Å². The Hall–Kier alpha value is -3.06. The fourth-order valence-corrected chi connectivity index (χ4v) is 2.80. The number of ether oxygens (including phenoxy) is 2. The van der Waals surface area contributed by atoms with E-state index in [1.807, 2.05) is 36.4 Å². The van der Waals surface area contributed by atoms with Gasteiger partial charge in [-0.15, -0.1) is 0 Å². The normalized spacial score (nSPS) is 10.9. The molecule has 0 atom stereocenters. The van der Waals surface area contributed by atoms with Crippen LogP contribution in [-0.4, -0.2) is 30.9 Å². The number of hydrogen-bond donors (Lipinski definition) is 2. The number of nitrogens with zero attached hydrogens (tertiary/aromatic N) is 1. The molecule has 0 radical (unpaired) electrons. The maximum absolute atomic E-state index is 11.9. The van der Waals surface area contributed by atoms with Crippen LogP contribution in [0.1, 0.15) is 5.56 Å². The van der Waals surface area contributed by atoms with Crippen molar-refractivity contribution in [3.8, 4) is 17.2 Å². The number of hydrogen-bond acceptors (Lipinski definition) is 5. The highest BCUT2D eigenvalue weighted by Crippen LogP contribution is 2.25. The van der Waals surface area contributed by atoms with Crippen molar-refractivity contribution in [1.29, 1.82) is 0 Å². The molecular formula is C20H17BrN2O4. The Bertz CT molecular complexity index is 1000. The molecule has 2 N–H and O–H groups in total. The number of benzene rings is 3. The van der Waals surface area contributed by atoms with Gasteiger partial charge in [-0.25, -0.2) is 5.43 Å². The first-order valence-corrected chi connectivity index (χ1v) is 8.85. The maximum atomic E-state index is 11.9. The first kappa shape index (κ1) is 18.7. The van der Waals surface area contributed by atoms with Crippen molar-refractivity contribution in [2.24, 2.45) is 5.10 Å². The average Bonchev–Trinajstić information content (AvgIpc) is 2.67. The Kier molecular flexibility index (Phi) is 5.93. The van der Waals surface area contributed by atoms with Crippen LogP contribution in [0.25, 0.3) is 10.8 Å². The van der Waals surface area contributed by atoms with Gasteiger partial charge in [-0.3, -0.25) is 4.79 Å². The molecule has 1 amide bonds. The van der Waals surface area contributed by atoms with Gasteiger partial charge in [0.1, 0.15) is 5.75 Å². The van der Waals surface area contributed by atoms with Crippen LogP contribution in [0.3, 0.4) is 0 Å². The minimum absolute atomic E-state index is 0.0369. The van der Waals surface area contributed by atoms with E-state index < -0.39 is 0 Å². The molecule has 0 aromatic heterocycles. The lowest BCUT2D eigenvalue weighted by molar-refractivity contribution is -0.123. The molecule has 0 aliphatic carbocycles. The van der Waals surface area contributed by atoms with Gasteiger partial charge in [0.25, 0.3) is 5.91 Å². The first-order valence-electron chi connectivity index (χ1n) is 8.06. The number of fused-ring (bicyclic) bond motifs is 1. The third-order valence-electron chi connectivity index (χ3n) is 3.75. The largest absolute Gasteiger partial charge is 0.504 e. The minimum Gasteiger partial charge on any atom is -0.504 e. The van der Waals surface area contributed by atoms with Gasteiger partial charge in [0, 0.05) is 4.47 Å². The Balaban J connectivity index is 1.54. The summed E-state index contributed by atoms with van der Waals surface area (Å²) in [7, 11) is 1.46. The highest BCUT2D eigenvalue weighted by molar-refractivity contribution is 9.10. The summed E-state index contributed by atoms with van der Waals surface area (Å²) in [6.07, 6.45) is 1.45. The minimum atomic E-state index is -0.382. The molecule has 0 aliphatic rings.